The Labute approximate surface area is 120 Å². The summed E-state index contributed by atoms with van der Waals surface area (Å²) in [6.45, 7) is 3.63. The van der Waals surface area contributed by atoms with Crippen molar-refractivity contribution in [2.24, 2.45) is 0 Å². The average molecular weight is 277 g/mol. The summed E-state index contributed by atoms with van der Waals surface area (Å²) in [5.41, 5.74) is 1.98. The molecule has 1 saturated heterocycles. The molecule has 1 aromatic rings. The number of carboxylic acids is 1. The Morgan fingerprint density at radius 1 is 1.40 bits per heavy atom. The lowest BCUT2D eigenvalue weighted by Crippen LogP contribution is -2.31. The second-order valence-electron chi connectivity index (χ2n) is 5.69. The molecule has 0 bridgehead atoms. The fourth-order valence-electron chi connectivity index (χ4n) is 3.03. The topological polar surface area (TPSA) is 60.8 Å². The molecule has 0 aromatic heterocycles. The molecule has 1 aliphatic heterocycles. The zero-order chi connectivity index (χ0) is 14.5. The zero-order valence-electron chi connectivity index (χ0n) is 12.0. The van der Waals surface area contributed by atoms with Gasteiger partial charge >= 0.3 is 5.97 Å². The first kappa shape index (κ1) is 15.0. The second-order valence-corrected chi connectivity index (χ2v) is 5.69. The van der Waals surface area contributed by atoms with Crippen LogP contribution in [0, 0.1) is 0 Å². The minimum absolute atomic E-state index is 0.0745. The van der Waals surface area contributed by atoms with E-state index in [0.717, 1.165) is 43.5 Å². The highest BCUT2D eigenvalue weighted by Gasteiger charge is 2.26. The highest BCUT2D eigenvalue weighted by Crippen LogP contribution is 2.24. The molecule has 1 fully saturated rings. The molecule has 0 saturated carbocycles. The predicted octanol–water partition coefficient (Wildman–Crippen LogP) is 2.05. The SMILES string of the molecule is CC(O)CC1CCCN1Cc1ccccc1CC(=O)O. The summed E-state index contributed by atoms with van der Waals surface area (Å²) >= 11 is 0. The van der Waals surface area contributed by atoms with E-state index in [4.69, 9.17) is 5.11 Å². The third-order valence-corrected chi connectivity index (χ3v) is 3.95. The van der Waals surface area contributed by atoms with Gasteiger partial charge in [0, 0.05) is 12.6 Å². The number of aliphatic hydroxyl groups is 1. The van der Waals surface area contributed by atoms with Crippen LogP contribution in [0.15, 0.2) is 24.3 Å². The lowest BCUT2D eigenvalue weighted by atomic mass is 10.0. The van der Waals surface area contributed by atoms with E-state index in [1.54, 1.807) is 0 Å². The Bertz CT molecular complexity index is 459. The first-order chi connectivity index (χ1) is 9.56. The Kier molecular flexibility index (Phi) is 5.15. The highest BCUT2D eigenvalue weighted by atomic mass is 16.4. The van der Waals surface area contributed by atoms with Gasteiger partial charge in [-0.2, -0.15) is 0 Å². The maximum Gasteiger partial charge on any atom is 0.307 e. The van der Waals surface area contributed by atoms with Crippen molar-refractivity contribution in [3.05, 3.63) is 35.4 Å². The summed E-state index contributed by atoms with van der Waals surface area (Å²) in [5, 5.41) is 18.5. The smallest absolute Gasteiger partial charge is 0.307 e. The number of rotatable bonds is 6. The van der Waals surface area contributed by atoms with Crippen LogP contribution in [0.25, 0.3) is 0 Å². The van der Waals surface area contributed by atoms with Crippen molar-refractivity contribution >= 4 is 5.97 Å². The summed E-state index contributed by atoms with van der Waals surface area (Å²) in [6.07, 6.45) is 2.85. The third kappa shape index (κ3) is 4.05. The quantitative estimate of drug-likeness (QED) is 0.835. The first-order valence-corrected chi connectivity index (χ1v) is 7.27. The lowest BCUT2D eigenvalue weighted by molar-refractivity contribution is -0.136. The van der Waals surface area contributed by atoms with E-state index in [1.807, 2.05) is 31.2 Å². The molecule has 4 nitrogen and oxygen atoms in total. The van der Waals surface area contributed by atoms with E-state index in [2.05, 4.69) is 4.90 Å². The molecule has 4 heteroatoms. The van der Waals surface area contributed by atoms with Gasteiger partial charge in [-0.05, 0) is 43.9 Å². The van der Waals surface area contributed by atoms with Gasteiger partial charge in [0.05, 0.1) is 12.5 Å². The van der Waals surface area contributed by atoms with Crippen LogP contribution in [0.2, 0.25) is 0 Å². The summed E-state index contributed by atoms with van der Waals surface area (Å²) in [7, 11) is 0. The molecule has 2 unspecified atom stereocenters. The van der Waals surface area contributed by atoms with Crippen molar-refractivity contribution in [2.45, 2.75) is 51.3 Å². The normalized spacial score (nSPS) is 21.0. The standard InChI is InChI=1S/C16H23NO3/c1-12(18)9-15-7-4-8-17(15)11-14-6-3-2-5-13(14)10-16(19)20/h2-3,5-6,12,15,18H,4,7-11H2,1H3,(H,19,20). The summed E-state index contributed by atoms with van der Waals surface area (Å²) in [6, 6.07) is 8.16. The van der Waals surface area contributed by atoms with Crippen LogP contribution in [0.1, 0.15) is 37.3 Å². The number of aliphatic carboxylic acids is 1. The molecule has 2 N–H and O–H groups in total. The van der Waals surface area contributed by atoms with Gasteiger partial charge in [0.25, 0.3) is 0 Å². The average Bonchev–Trinajstić information content (AvgIpc) is 2.78. The second kappa shape index (κ2) is 6.86. The monoisotopic (exact) mass is 277 g/mol. The van der Waals surface area contributed by atoms with Gasteiger partial charge in [-0.15, -0.1) is 0 Å². The lowest BCUT2D eigenvalue weighted by Gasteiger charge is -2.26. The van der Waals surface area contributed by atoms with E-state index >= 15 is 0 Å². The van der Waals surface area contributed by atoms with E-state index in [-0.39, 0.29) is 12.5 Å². The fourth-order valence-corrected chi connectivity index (χ4v) is 3.03. The maximum absolute atomic E-state index is 10.9. The number of hydrogen-bond donors (Lipinski definition) is 2. The molecule has 1 aromatic carbocycles. The molecular weight excluding hydrogens is 254 g/mol. The van der Waals surface area contributed by atoms with Crippen molar-refractivity contribution in [1.82, 2.24) is 4.90 Å². The van der Waals surface area contributed by atoms with Gasteiger partial charge < -0.3 is 10.2 Å². The van der Waals surface area contributed by atoms with Crippen molar-refractivity contribution in [1.29, 1.82) is 0 Å². The molecule has 0 aliphatic carbocycles. The van der Waals surface area contributed by atoms with E-state index in [1.165, 1.54) is 0 Å². The number of hydrogen-bond acceptors (Lipinski definition) is 3. The molecule has 0 amide bonds. The molecular formula is C16H23NO3. The Morgan fingerprint density at radius 3 is 2.75 bits per heavy atom. The van der Waals surface area contributed by atoms with Gasteiger partial charge in [0.1, 0.15) is 0 Å². The molecule has 0 radical (unpaired) electrons. The molecule has 110 valence electrons. The number of likely N-dealkylation sites (tertiary alicyclic amines) is 1. The van der Waals surface area contributed by atoms with Crippen molar-refractivity contribution < 1.29 is 15.0 Å². The molecule has 1 heterocycles. The summed E-state index contributed by atoms with van der Waals surface area (Å²) in [4.78, 5) is 13.3. The van der Waals surface area contributed by atoms with Gasteiger partial charge in [0.15, 0.2) is 0 Å². The molecule has 20 heavy (non-hydrogen) atoms. The number of nitrogens with zero attached hydrogens (tertiary/aromatic N) is 1. The van der Waals surface area contributed by atoms with E-state index in [9.17, 15) is 9.90 Å². The van der Waals surface area contributed by atoms with Gasteiger partial charge in [-0.25, -0.2) is 0 Å². The summed E-state index contributed by atoms with van der Waals surface area (Å²) in [5.74, 6) is -0.792. The van der Waals surface area contributed by atoms with Crippen molar-refractivity contribution in [3.8, 4) is 0 Å². The van der Waals surface area contributed by atoms with Gasteiger partial charge in [0.2, 0.25) is 0 Å². The molecule has 0 spiro atoms. The van der Waals surface area contributed by atoms with Crippen LogP contribution >= 0.6 is 0 Å². The minimum Gasteiger partial charge on any atom is -0.481 e. The van der Waals surface area contributed by atoms with Gasteiger partial charge in [-0.3, -0.25) is 9.69 Å². The fraction of sp³-hybridized carbons (Fsp3) is 0.562. The largest absolute Gasteiger partial charge is 0.481 e. The molecule has 2 rings (SSSR count). The number of aliphatic hydroxyl groups excluding tert-OH is 1. The van der Waals surface area contributed by atoms with Crippen molar-refractivity contribution in [2.75, 3.05) is 6.54 Å². The number of benzene rings is 1. The predicted molar refractivity (Wildman–Crippen MR) is 77.5 cm³/mol. The Balaban J connectivity index is 2.07. The third-order valence-electron chi connectivity index (χ3n) is 3.95. The molecule has 1 aliphatic rings. The van der Waals surface area contributed by atoms with Crippen LogP contribution < -0.4 is 0 Å². The summed E-state index contributed by atoms with van der Waals surface area (Å²) < 4.78 is 0. The van der Waals surface area contributed by atoms with Crippen LogP contribution in [0.5, 0.6) is 0 Å². The first-order valence-electron chi connectivity index (χ1n) is 7.27. The Morgan fingerprint density at radius 2 is 2.10 bits per heavy atom. The number of carboxylic acid groups (broad SMARTS) is 1. The Hall–Kier alpha value is -1.39. The maximum atomic E-state index is 10.9. The van der Waals surface area contributed by atoms with Crippen LogP contribution in [0.3, 0.4) is 0 Å². The van der Waals surface area contributed by atoms with Crippen LogP contribution in [-0.2, 0) is 17.8 Å². The number of carbonyl (C=O) groups is 1. The van der Waals surface area contributed by atoms with Crippen molar-refractivity contribution in [3.63, 3.8) is 0 Å². The van der Waals surface area contributed by atoms with E-state index < -0.39 is 5.97 Å². The van der Waals surface area contributed by atoms with Crippen LogP contribution in [-0.4, -0.2) is 39.8 Å². The van der Waals surface area contributed by atoms with Crippen LogP contribution in [0.4, 0.5) is 0 Å². The zero-order valence-corrected chi connectivity index (χ0v) is 12.0. The highest BCUT2D eigenvalue weighted by molar-refractivity contribution is 5.70. The van der Waals surface area contributed by atoms with E-state index in [0.29, 0.717) is 6.04 Å². The van der Waals surface area contributed by atoms with Gasteiger partial charge in [-0.1, -0.05) is 24.3 Å². The molecule has 2 atom stereocenters. The minimum atomic E-state index is -0.792.